The fourth-order valence-corrected chi connectivity index (χ4v) is 10.3. The Kier molecular flexibility index (Phi) is 64.7. The molecule has 0 heterocycles. The Balaban J connectivity index is 3.47. The summed E-state index contributed by atoms with van der Waals surface area (Å²) in [7, 11) is 0. The standard InChI is InChI=1S/C72H131NO3/c1-3-5-7-9-11-13-15-17-19-21-23-25-27-29-31-33-35-36-38-40-42-44-46-48-50-52-54-56-58-60-62-64-66-68-72(76)73-70(69-74)71(75)67-65-63-61-59-57-55-53-51-49-47-45-43-41-39-37-34-32-30-28-26-24-22-20-18-16-14-12-10-8-6-4-2/h5,7,11,13,17,19,23,25,29,31,35-36,40,42,70-71,74-75H,3-4,6,8-10,12,14-16,18,20-22,24,26-28,30,32-34,37-39,41,43-69H2,1-2H3,(H,73,76)/b7-5-,13-11-,19-17-,25-23-,31-29-,36-35-,42-40-. The first kappa shape index (κ1) is 73.6. The predicted octanol–water partition coefficient (Wildman–Crippen LogP) is 23.0. The summed E-state index contributed by atoms with van der Waals surface area (Å²) in [4.78, 5) is 12.6. The van der Waals surface area contributed by atoms with Crippen molar-refractivity contribution in [3.8, 4) is 0 Å². The molecule has 0 spiro atoms. The Labute approximate surface area is 475 Å². The number of amides is 1. The Bertz CT molecular complexity index is 1340. The zero-order valence-electron chi connectivity index (χ0n) is 51.0. The van der Waals surface area contributed by atoms with Crippen LogP contribution in [0.4, 0.5) is 0 Å². The molecule has 0 aliphatic heterocycles. The highest BCUT2D eigenvalue weighted by atomic mass is 16.3. The zero-order valence-corrected chi connectivity index (χ0v) is 51.0. The lowest BCUT2D eigenvalue weighted by Gasteiger charge is -2.22. The molecule has 0 radical (unpaired) electrons. The van der Waals surface area contributed by atoms with Crippen LogP contribution in [0, 0.1) is 0 Å². The molecule has 0 fully saturated rings. The van der Waals surface area contributed by atoms with E-state index in [1.54, 1.807) is 0 Å². The minimum atomic E-state index is -0.668. The molecule has 442 valence electrons. The van der Waals surface area contributed by atoms with Crippen LogP contribution in [0.15, 0.2) is 85.1 Å². The van der Waals surface area contributed by atoms with Gasteiger partial charge in [0.05, 0.1) is 18.8 Å². The molecule has 0 saturated carbocycles. The number of carbonyl (C=O) groups is 1. The smallest absolute Gasteiger partial charge is 0.220 e. The van der Waals surface area contributed by atoms with Crippen LogP contribution in [0.2, 0.25) is 0 Å². The summed E-state index contributed by atoms with van der Waals surface area (Å²) in [5.74, 6) is -0.0330. The average molecular weight is 1060 g/mol. The maximum atomic E-state index is 12.6. The van der Waals surface area contributed by atoms with Crippen LogP contribution in [-0.2, 0) is 4.79 Å². The largest absolute Gasteiger partial charge is 0.394 e. The molecular formula is C72H131NO3. The van der Waals surface area contributed by atoms with Gasteiger partial charge in [0.1, 0.15) is 0 Å². The topological polar surface area (TPSA) is 69.6 Å². The summed E-state index contributed by atoms with van der Waals surface area (Å²) in [6, 6.07) is -0.545. The summed E-state index contributed by atoms with van der Waals surface area (Å²) in [6.07, 6.45) is 97.6. The van der Waals surface area contributed by atoms with Crippen LogP contribution in [0.25, 0.3) is 0 Å². The first-order valence-electron chi connectivity index (χ1n) is 33.8. The molecule has 1 amide bonds. The van der Waals surface area contributed by atoms with Gasteiger partial charge in [-0.2, -0.15) is 0 Å². The van der Waals surface area contributed by atoms with E-state index in [4.69, 9.17) is 0 Å². The lowest BCUT2D eigenvalue weighted by Crippen LogP contribution is -2.45. The summed E-state index contributed by atoms with van der Waals surface area (Å²) in [5.41, 5.74) is 0. The minimum Gasteiger partial charge on any atom is -0.394 e. The monoisotopic (exact) mass is 1060 g/mol. The van der Waals surface area contributed by atoms with Gasteiger partial charge in [-0.05, 0) is 70.6 Å². The van der Waals surface area contributed by atoms with Crippen molar-refractivity contribution in [1.29, 1.82) is 0 Å². The maximum Gasteiger partial charge on any atom is 0.220 e. The molecule has 0 aromatic carbocycles. The molecule has 0 saturated heterocycles. The number of hydrogen-bond donors (Lipinski definition) is 3. The van der Waals surface area contributed by atoms with Gasteiger partial charge in [-0.3, -0.25) is 4.79 Å². The van der Waals surface area contributed by atoms with E-state index in [1.165, 1.54) is 250 Å². The first-order chi connectivity index (χ1) is 37.7. The van der Waals surface area contributed by atoms with Gasteiger partial charge >= 0.3 is 0 Å². The number of carbonyl (C=O) groups excluding carboxylic acids is 1. The molecule has 76 heavy (non-hydrogen) atoms. The third kappa shape index (κ3) is 62.4. The quantitative estimate of drug-likeness (QED) is 0.0420. The van der Waals surface area contributed by atoms with Crippen LogP contribution in [0.5, 0.6) is 0 Å². The average Bonchev–Trinajstić information content (AvgIpc) is 3.42. The van der Waals surface area contributed by atoms with Crippen LogP contribution in [0.3, 0.4) is 0 Å². The van der Waals surface area contributed by atoms with Crippen molar-refractivity contribution in [1.82, 2.24) is 5.32 Å². The van der Waals surface area contributed by atoms with Crippen molar-refractivity contribution in [2.75, 3.05) is 6.61 Å². The summed E-state index contributed by atoms with van der Waals surface area (Å²) >= 11 is 0. The molecule has 0 aromatic rings. The first-order valence-corrected chi connectivity index (χ1v) is 33.8. The minimum absolute atomic E-state index is 0.0330. The van der Waals surface area contributed by atoms with Crippen molar-refractivity contribution in [2.24, 2.45) is 0 Å². The molecule has 3 N–H and O–H groups in total. The molecule has 2 atom stereocenters. The molecule has 2 unspecified atom stereocenters. The van der Waals surface area contributed by atoms with Crippen molar-refractivity contribution in [2.45, 2.75) is 360 Å². The Morgan fingerprint density at radius 3 is 0.868 bits per heavy atom. The highest BCUT2D eigenvalue weighted by molar-refractivity contribution is 5.76. The molecule has 0 bridgehead atoms. The van der Waals surface area contributed by atoms with E-state index in [0.29, 0.717) is 12.8 Å². The van der Waals surface area contributed by atoms with Gasteiger partial charge in [0.25, 0.3) is 0 Å². The lowest BCUT2D eigenvalue weighted by molar-refractivity contribution is -0.123. The number of hydrogen-bond acceptors (Lipinski definition) is 3. The SMILES string of the molecule is CC/C=C\C/C=C\C/C=C\C/C=C\C/C=C\C/C=C\C/C=C\CCCCCCCCCCCCCC(=O)NC(CO)C(O)CCCCCCCCCCCCCCCCCCCCCCCCCCCCCCCCC. The van der Waals surface area contributed by atoms with Crippen molar-refractivity contribution >= 4 is 5.91 Å². The van der Waals surface area contributed by atoms with Crippen molar-refractivity contribution in [3.63, 3.8) is 0 Å². The van der Waals surface area contributed by atoms with Crippen LogP contribution < -0.4 is 5.32 Å². The summed E-state index contributed by atoms with van der Waals surface area (Å²) < 4.78 is 0. The van der Waals surface area contributed by atoms with Gasteiger partial charge < -0.3 is 15.5 Å². The fraction of sp³-hybridized carbons (Fsp3) is 0.792. The van der Waals surface area contributed by atoms with Crippen LogP contribution in [-0.4, -0.2) is 34.9 Å². The van der Waals surface area contributed by atoms with Crippen LogP contribution >= 0.6 is 0 Å². The molecule has 4 heteroatoms. The molecule has 0 rings (SSSR count). The number of aliphatic hydroxyl groups excluding tert-OH is 2. The van der Waals surface area contributed by atoms with Gasteiger partial charge in [-0.25, -0.2) is 0 Å². The summed E-state index contributed by atoms with van der Waals surface area (Å²) in [6.45, 7) is 4.27. The third-order valence-corrected chi connectivity index (χ3v) is 15.4. The highest BCUT2D eigenvalue weighted by Crippen LogP contribution is 2.18. The van der Waals surface area contributed by atoms with Crippen molar-refractivity contribution < 1.29 is 15.0 Å². The number of unbranched alkanes of at least 4 members (excludes halogenated alkanes) is 41. The second-order valence-electron chi connectivity index (χ2n) is 22.9. The molecule has 0 aromatic heterocycles. The van der Waals surface area contributed by atoms with E-state index in [9.17, 15) is 15.0 Å². The van der Waals surface area contributed by atoms with Gasteiger partial charge in [-0.15, -0.1) is 0 Å². The number of rotatable bonds is 62. The van der Waals surface area contributed by atoms with E-state index in [2.05, 4.69) is 104 Å². The van der Waals surface area contributed by atoms with Gasteiger partial charge in [0, 0.05) is 6.42 Å². The maximum absolute atomic E-state index is 12.6. The zero-order chi connectivity index (χ0) is 54.8. The number of nitrogens with one attached hydrogen (secondary N) is 1. The normalized spacial score (nSPS) is 13.3. The number of aliphatic hydroxyl groups is 2. The van der Waals surface area contributed by atoms with Gasteiger partial charge in [0.15, 0.2) is 0 Å². The van der Waals surface area contributed by atoms with Gasteiger partial charge in [-0.1, -0.05) is 356 Å². The van der Waals surface area contributed by atoms with E-state index < -0.39 is 12.1 Å². The Morgan fingerprint density at radius 2 is 0.579 bits per heavy atom. The Morgan fingerprint density at radius 1 is 0.329 bits per heavy atom. The van der Waals surface area contributed by atoms with E-state index in [0.717, 1.165) is 70.6 Å². The molecule has 0 aliphatic carbocycles. The van der Waals surface area contributed by atoms with E-state index in [-0.39, 0.29) is 12.5 Å². The van der Waals surface area contributed by atoms with Crippen LogP contribution in [0.1, 0.15) is 348 Å². The van der Waals surface area contributed by atoms with Gasteiger partial charge in [0.2, 0.25) is 5.91 Å². The number of allylic oxidation sites excluding steroid dienone is 14. The second-order valence-corrected chi connectivity index (χ2v) is 22.9. The lowest BCUT2D eigenvalue weighted by atomic mass is 10.0. The molecule has 4 nitrogen and oxygen atoms in total. The molecule has 0 aliphatic rings. The third-order valence-electron chi connectivity index (χ3n) is 15.4. The highest BCUT2D eigenvalue weighted by Gasteiger charge is 2.20. The van der Waals surface area contributed by atoms with E-state index >= 15 is 0 Å². The Hall–Kier alpha value is -2.43. The second kappa shape index (κ2) is 66.8. The summed E-state index contributed by atoms with van der Waals surface area (Å²) in [5, 5.41) is 23.5. The van der Waals surface area contributed by atoms with E-state index in [1.807, 2.05) is 0 Å². The fourth-order valence-electron chi connectivity index (χ4n) is 10.3. The predicted molar refractivity (Wildman–Crippen MR) is 340 cm³/mol. The molecular weight excluding hydrogens is 927 g/mol. The van der Waals surface area contributed by atoms with Crippen molar-refractivity contribution in [3.05, 3.63) is 85.1 Å².